The van der Waals surface area contributed by atoms with Crippen LogP contribution >= 0.6 is 31.9 Å². The summed E-state index contributed by atoms with van der Waals surface area (Å²) in [7, 11) is 1.80. The van der Waals surface area contributed by atoms with Crippen LogP contribution in [0.4, 0.5) is 0 Å². The van der Waals surface area contributed by atoms with Gasteiger partial charge in [-0.05, 0) is 49.6 Å². The molecule has 1 heterocycles. The number of amides is 1. The van der Waals surface area contributed by atoms with Gasteiger partial charge < -0.3 is 10.6 Å². The third-order valence-corrected chi connectivity index (χ3v) is 4.79. The maximum Gasteiger partial charge on any atom is 0.224 e. The first-order valence-electron chi connectivity index (χ1n) is 4.97. The number of hydrogen-bond donors (Lipinski definition) is 1. The van der Waals surface area contributed by atoms with Gasteiger partial charge in [0.25, 0.3) is 0 Å². The van der Waals surface area contributed by atoms with E-state index in [1.54, 1.807) is 11.9 Å². The van der Waals surface area contributed by atoms with E-state index in [1.807, 2.05) is 18.2 Å². The van der Waals surface area contributed by atoms with Gasteiger partial charge in [-0.15, -0.1) is 0 Å². The van der Waals surface area contributed by atoms with Crippen molar-refractivity contribution < 1.29 is 4.79 Å². The fourth-order valence-electron chi connectivity index (χ4n) is 2.07. The molecule has 3 nitrogen and oxygen atoms in total. The summed E-state index contributed by atoms with van der Waals surface area (Å²) in [6.07, 6.45) is 0.425. The van der Waals surface area contributed by atoms with Crippen molar-refractivity contribution >= 4 is 37.8 Å². The molecule has 1 amide bonds. The SMILES string of the molecule is CN1C(=O)CC(N)C1c1ccc(Br)c(Br)c1. The zero-order valence-electron chi connectivity index (χ0n) is 8.78. The smallest absolute Gasteiger partial charge is 0.224 e. The Balaban J connectivity index is 2.37. The van der Waals surface area contributed by atoms with Crippen LogP contribution in [0.2, 0.25) is 0 Å². The number of likely N-dealkylation sites (tertiary alicyclic amines) is 1. The molecule has 1 aromatic rings. The number of carbonyl (C=O) groups excluding carboxylic acids is 1. The first-order chi connectivity index (χ1) is 7.50. The molecular formula is C11H12Br2N2O. The topological polar surface area (TPSA) is 46.3 Å². The molecule has 0 spiro atoms. The van der Waals surface area contributed by atoms with Crippen LogP contribution in [0.1, 0.15) is 18.0 Å². The van der Waals surface area contributed by atoms with Gasteiger partial charge in [-0.1, -0.05) is 6.07 Å². The summed E-state index contributed by atoms with van der Waals surface area (Å²) in [6, 6.07) is 5.82. The van der Waals surface area contributed by atoms with E-state index in [-0.39, 0.29) is 18.0 Å². The van der Waals surface area contributed by atoms with Crippen LogP contribution in [0.25, 0.3) is 0 Å². The lowest BCUT2D eigenvalue weighted by molar-refractivity contribution is -0.127. The minimum atomic E-state index is -0.120. The minimum absolute atomic E-state index is 0.0168. The van der Waals surface area contributed by atoms with Crippen molar-refractivity contribution in [3.8, 4) is 0 Å². The monoisotopic (exact) mass is 346 g/mol. The number of hydrogen-bond acceptors (Lipinski definition) is 2. The van der Waals surface area contributed by atoms with E-state index >= 15 is 0 Å². The lowest BCUT2D eigenvalue weighted by Gasteiger charge is -2.23. The van der Waals surface area contributed by atoms with Gasteiger partial charge in [0, 0.05) is 28.5 Å². The molecule has 1 aliphatic heterocycles. The molecule has 1 fully saturated rings. The molecule has 86 valence electrons. The van der Waals surface area contributed by atoms with Gasteiger partial charge in [-0.2, -0.15) is 0 Å². The second-order valence-corrected chi connectivity index (χ2v) is 5.70. The number of nitrogens with zero attached hydrogens (tertiary/aromatic N) is 1. The first-order valence-corrected chi connectivity index (χ1v) is 6.55. The fourth-order valence-corrected chi connectivity index (χ4v) is 2.71. The normalized spacial score (nSPS) is 25.2. The van der Waals surface area contributed by atoms with E-state index in [1.165, 1.54) is 0 Å². The average Bonchev–Trinajstić information content (AvgIpc) is 2.47. The molecule has 0 radical (unpaired) electrons. The minimum Gasteiger partial charge on any atom is -0.337 e. The molecule has 1 saturated heterocycles. The van der Waals surface area contributed by atoms with Crippen molar-refractivity contribution in [2.24, 2.45) is 5.73 Å². The molecule has 2 atom stereocenters. The summed E-state index contributed by atoms with van der Waals surface area (Å²) < 4.78 is 1.97. The molecule has 1 aliphatic rings. The fraction of sp³-hybridized carbons (Fsp3) is 0.364. The van der Waals surface area contributed by atoms with E-state index in [0.717, 1.165) is 14.5 Å². The van der Waals surface area contributed by atoms with Crippen molar-refractivity contribution in [1.29, 1.82) is 0 Å². The van der Waals surface area contributed by atoms with Gasteiger partial charge >= 0.3 is 0 Å². The first kappa shape index (κ1) is 12.1. The van der Waals surface area contributed by atoms with Crippen LogP contribution in [-0.4, -0.2) is 23.9 Å². The highest BCUT2D eigenvalue weighted by molar-refractivity contribution is 9.13. The van der Waals surface area contributed by atoms with Gasteiger partial charge in [0.2, 0.25) is 5.91 Å². The molecule has 1 aromatic carbocycles. The van der Waals surface area contributed by atoms with Crippen molar-refractivity contribution in [3.63, 3.8) is 0 Å². The van der Waals surface area contributed by atoms with Gasteiger partial charge in [-0.25, -0.2) is 0 Å². The van der Waals surface area contributed by atoms with Crippen molar-refractivity contribution in [2.45, 2.75) is 18.5 Å². The number of rotatable bonds is 1. The summed E-state index contributed by atoms with van der Waals surface area (Å²) in [5.41, 5.74) is 7.06. The van der Waals surface area contributed by atoms with Crippen molar-refractivity contribution in [3.05, 3.63) is 32.7 Å². The number of nitrogens with two attached hydrogens (primary N) is 1. The lowest BCUT2D eigenvalue weighted by atomic mass is 10.0. The molecular weight excluding hydrogens is 336 g/mol. The van der Waals surface area contributed by atoms with Crippen LogP contribution in [0.5, 0.6) is 0 Å². The molecule has 16 heavy (non-hydrogen) atoms. The Morgan fingerprint density at radius 1 is 1.38 bits per heavy atom. The van der Waals surface area contributed by atoms with Crippen LogP contribution in [0, 0.1) is 0 Å². The van der Waals surface area contributed by atoms with E-state index in [4.69, 9.17) is 5.73 Å². The molecule has 0 saturated carbocycles. The molecule has 5 heteroatoms. The van der Waals surface area contributed by atoms with Crippen molar-refractivity contribution in [1.82, 2.24) is 4.90 Å². The zero-order valence-corrected chi connectivity index (χ0v) is 12.0. The molecule has 0 aromatic heterocycles. The third-order valence-electron chi connectivity index (χ3n) is 2.91. The molecule has 2 N–H and O–H groups in total. The molecule has 2 rings (SSSR count). The van der Waals surface area contributed by atoms with E-state index in [0.29, 0.717) is 6.42 Å². The highest BCUT2D eigenvalue weighted by atomic mass is 79.9. The summed E-state index contributed by atoms with van der Waals surface area (Å²) in [4.78, 5) is 13.3. The lowest BCUT2D eigenvalue weighted by Crippen LogP contribution is -2.30. The number of likely N-dealkylation sites (N-methyl/N-ethyl adjacent to an activating group) is 1. The third kappa shape index (κ3) is 2.04. The summed E-state index contributed by atoms with van der Waals surface area (Å²) in [6.45, 7) is 0. The predicted molar refractivity (Wildman–Crippen MR) is 69.9 cm³/mol. The van der Waals surface area contributed by atoms with E-state index in [2.05, 4.69) is 31.9 Å². The number of halogens is 2. The Hall–Kier alpha value is -0.390. The quantitative estimate of drug-likeness (QED) is 0.848. The van der Waals surface area contributed by atoms with Gasteiger partial charge in [-0.3, -0.25) is 4.79 Å². The standard InChI is InChI=1S/C11H12Br2N2O/c1-15-10(16)5-9(14)11(15)6-2-3-7(12)8(13)4-6/h2-4,9,11H,5,14H2,1H3. The predicted octanol–water partition coefficient (Wildman–Crippen LogP) is 2.44. The number of carbonyl (C=O) groups is 1. The van der Waals surface area contributed by atoms with Crippen molar-refractivity contribution in [2.75, 3.05) is 7.05 Å². The summed E-state index contributed by atoms with van der Waals surface area (Å²) in [5, 5.41) is 0. The van der Waals surface area contributed by atoms with Crippen LogP contribution < -0.4 is 5.73 Å². The largest absolute Gasteiger partial charge is 0.337 e. The zero-order chi connectivity index (χ0) is 11.9. The highest BCUT2D eigenvalue weighted by Crippen LogP contribution is 2.34. The second kappa shape index (κ2) is 4.47. The summed E-state index contributed by atoms with van der Waals surface area (Å²) in [5.74, 6) is 0.108. The van der Waals surface area contributed by atoms with Gasteiger partial charge in [0.15, 0.2) is 0 Å². The van der Waals surface area contributed by atoms with Gasteiger partial charge in [0.1, 0.15) is 0 Å². The Morgan fingerprint density at radius 2 is 2.06 bits per heavy atom. The molecule has 2 unspecified atom stereocenters. The Labute approximate surface area is 111 Å². The second-order valence-electron chi connectivity index (χ2n) is 3.99. The molecule has 0 bridgehead atoms. The maximum atomic E-state index is 11.5. The Kier molecular flexibility index (Phi) is 3.37. The molecule has 0 aliphatic carbocycles. The van der Waals surface area contributed by atoms with Crippen LogP contribution in [0.3, 0.4) is 0 Å². The van der Waals surface area contributed by atoms with E-state index in [9.17, 15) is 4.79 Å². The summed E-state index contributed by atoms with van der Waals surface area (Å²) >= 11 is 6.88. The maximum absolute atomic E-state index is 11.5. The Morgan fingerprint density at radius 3 is 2.56 bits per heavy atom. The number of benzene rings is 1. The van der Waals surface area contributed by atoms with Crippen LogP contribution in [-0.2, 0) is 4.79 Å². The Bertz CT molecular complexity index is 436. The van der Waals surface area contributed by atoms with Crippen LogP contribution in [0.15, 0.2) is 27.1 Å². The average molecular weight is 348 g/mol. The van der Waals surface area contributed by atoms with E-state index < -0.39 is 0 Å². The highest BCUT2D eigenvalue weighted by Gasteiger charge is 2.36. The van der Waals surface area contributed by atoms with Gasteiger partial charge in [0.05, 0.1) is 6.04 Å².